The van der Waals surface area contributed by atoms with E-state index >= 15 is 0 Å². The average molecular weight is 339 g/mol. The molecule has 2 aromatic rings. The highest BCUT2D eigenvalue weighted by atomic mass is 79.9. The maximum atomic E-state index is 12.3. The molecule has 0 saturated heterocycles. The summed E-state index contributed by atoms with van der Waals surface area (Å²) in [5.74, 6) is 1.28. The third-order valence-electron chi connectivity index (χ3n) is 2.60. The normalized spacial score (nSPS) is 10.3. The Kier molecular flexibility index (Phi) is 4.84. The molecule has 5 heteroatoms. The summed E-state index contributed by atoms with van der Waals surface area (Å²) >= 11 is 3.18. The minimum atomic E-state index is -0.195. The Bertz CT molecular complexity index is 604. The third kappa shape index (κ3) is 3.22. The molecule has 106 valence electrons. The van der Waals surface area contributed by atoms with Gasteiger partial charge in [-0.05, 0) is 60.1 Å². The molecule has 4 nitrogen and oxygen atoms in total. The number of benzene rings is 1. The van der Waals surface area contributed by atoms with E-state index in [0.29, 0.717) is 34.9 Å². The van der Waals surface area contributed by atoms with E-state index in [1.165, 1.54) is 0 Å². The SMILES string of the molecule is CCOc1ccc(C(=O)c2ccc(Br)o2)cc1OCC. The molecule has 0 bridgehead atoms. The first-order chi connectivity index (χ1) is 9.65. The first-order valence-corrected chi connectivity index (χ1v) is 7.14. The zero-order valence-corrected chi connectivity index (χ0v) is 12.9. The van der Waals surface area contributed by atoms with Crippen LogP contribution < -0.4 is 9.47 Å². The number of rotatable bonds is 6. The van der Waals surface area contributed by atoms with Gasteiger partial charge in [0.2, 0.25) is 5.78 Å². The van der Waals surface area contributed by atoms with Gasteiger partial charge in [0.15, 0.2) is 21.9 Å². The fraction of sp³-hybridized carbons (Fsp3) is 0.267. The molecule has 1 aromatic heterocycles. The summed E-state index contributed by atoms with van der Waals surface area (Å²) < 4.78 is 16.8. The van der Waals surface area contributed by atoms with Crippen molar-refractivity contribution in [1.29, 1.82) is 0 Å². The van der Waals surface area contributed by atoms with Crippen molar-refractivity contribution in [1.82, 2.24) is 0 Å². The summed E-state index contributed by atoms with van der Waals surface area (Å²) in [6, 6.07) is 8.42. The molecule has 0 unspecified atom stereocenters. The zero-order valence-electron chi connectivity index (χ0n) is 11.3. The molecule has 0 saturated carbocycles. The van der Waals surface area contributed by atoms with Crippen molar-refractivity contribution in [2.75, 3.05) is 13.2 Å². The van der Waals surface area contributed by atoms with Gasteiger partial charge < -0.3 is 13.9 Å². The van der Waals surface area contributed by atoms with Gasteiger partial charge in [-0.15, -0.1) is 0 Å². The quantitative estimate of drug-likeness (QED) is 0.745. The topological polar surface area (TPSA) is 48.7 Å². The maximum Gasteiger partial charge on any atom is 0.228 e. The first kappa shape index (κ1) is 14.7. The lowest BCUT2D eigenvalue weighted by Gasteiger charge is -2.11. The van der Waals surface area contributed by atoms with E-state index in [9.17, 15) is 4.79 Å². The van der Waals surface area contributed by atoms with Gasteiger partial charge in [0.05, 0.1) is 13.2 Å². The summed E-state index contributed by atoms with van der Waals surface area (Å²) in [4.78, 5) is 12.3. The first-order valence-electron chi connectivity index (χ1n) is 6.35. The highest BCUT2D eigenvalue weighted by molar-refractivity contribution is 9.10. The van der Waals surface area contributed by atoms with E-state index in [2.05, 4.69) is 15.9 Å². The van der Waals surface area contributed by atoms with Gasteiger partial charge in [-0.3, -0.25) is 4.79 Å². The number of ketones is 1. The molecule has 0 radical (unpaired) electrons. The van der Waals surface area contributed by atoms with Crippen LogP contribution in [0.2, 0.25) is 0 Å². The van der Waals surface area contributed by atoms with Crippen LogP contribution in [-0.2, 0) is 0 Å². The highest BCUT2D eigenvalue weighted by Crippen LogP contribution is 2.29. The van der Waals surface area contributed by atoms with Crippen molar-refractivity contribution >= 4 is 21.7 Å². The fourth-order valence-corrected chi connectivity index (χ4v) is 2.08. The van der Waals surface area contributed by atoms with Crippen LogP contribution in [0.5, 0.6) is 11.5 Å². The van der Waals surface area contributed by atoms with Gasteiger partial charge in [0.1, 0.15) is 0 Å². The Hall–Kier alpha value is -1.75. The van der Waals surface area contributed by atoms with E-state index in [1.54, 1.807) is 30.3 Å². The van der Waals surface area contributed by atoms with Crippen molar-refractivity contribution in [3.63, 3.8) is 0 Å². The smallest absolute Gasteiger partial charge is 0.228 e. The molecular formula is C15H15BrO4. The second-order valence-electron chi connectivity index (χ2n) is 3.96. The van der Waals surface area contributed by atoms with Gasteiger partial charge in [-0.25, -0.2) is 0 Å². The van der Waals surface area contributed by atoms with Gasteiger partial charge in [0.25, 0.3) is 0 Å². The minimum Gasteiger partial charge on any atom is -0.490 e. The van der Waals surface area contributed by atoms with Crippen LogP contribution >= 0.6 is 15.9 Å². The Labute approximate surface area is 125 Å². The average Bonchev–Trinajstić information content (AvgIpc) is 2.87. The molecule has 0 spiro atoms. The molecule has 0 aliphatic carbocycles. The maximum absolute atomic E-state index is 12.3. The van der Waals surface area contributed by atoms with Crippen molar-refractivity contribution in [3.05, 3.63) is 46.3 Å². The molecule has 20 heavy (non-hydrogen) atoms. The fourth-order valence-electron chi connectivity index (χ4n) is 1.77. The molecular weight excluding hydrogens is 324 g/mol. The van der Waals surface area contributed by atoms with Crippen molar-refractivity contribution in [3.8, 4) is 11.5 Å². The molecule has 0 aliphatic rings. The Morgan fingerprint density at radius 3 is 2.40 bits per heavy atom. The van der Waals surface area contributed by atoms with Crippen LogP contribution in [0.3, 0.4) is 0 Å². The van der Waals surface area contributed by atoms with Gasteiger partial charge in [-0.2, -0.15) is 0 Å². The Balaban J connectivity index is 2.32. The standard InChI is InChI=1S/C15H15BrO4/c1-3-18-11-6-5-10(9-13(11)19-4-2)15(17)12-7-8-14(16)20-12/h5-9H,3-4H2,1-2H3. The van der Waals surface area contributed by atoms with Crippen LogP contribution in [0.15, 0.2) is 39.4 Å². The third-order valence-corrected chi connectivity index (χ3v) is 3.03. The van der Waals surface area contributed by atoms with E-state index in [1.807, 2.05) is 13.8 Å². The molecule has 2 rings (SSSR count). The van der Waals surface area contributed by atoms with Crippen molar-refractivity contribution in [2.45, 2.75) is 13.8 Å². The largest absolute Gasteiger partial charge is 0.490 e. The number of carbonyl (C=O) groups is 1. The molecule has 1 aromatic carbocycles. The molecule has 0 amide bonds. The highest BCUT2D eigenvalue weighted by Gasteiger charge is 2.16. The lowest BCUT2D eigenvalue weighted by atomic mass is 10.1. The second kappa shape index (κ2) is 6.61. The predicted octanol–water partition coefficient (Wildman–Crippen LogP) is 4.07. The van der Waals surface area contributed by atoms with Crippen LogP contribution in [0.4, 0.5) is 0 Å². The van der Waals surface area contributed by atoms with Gasteiger partial charge in [0, 0.05) is 5.56 Å². The van der Waals surface area contributed by atoms with Crippen LogP contribution in [-0.4, -0.2) is 19.0 Å². The number of halogens is 1. The summed E-state index contributed by atoms with van der Waals surface area (Å²) in [6.45, 7) is 4.82. The van der Waals surface area contributed by atoms with E-state index < -0.39 is 0 Å². The molecule has 0 fully saturated rings. The van der Waals surface area contributed by atoms with Crippen LogP contribution in [0.25, 0.3) is 0 Å². The summed E-state index contributed by atoms with van der Waals surface area (Å²) in [5.41, 5.74) is 0.499. The molecule has 0 aliphatic heterocycles. The number of hydrogen-bond donors (Lipinski definition) is 0. The number of carbonyl (C=O) groups excluding carboxylic acids is 1. The number of ether oxygens (including phenoxy) is 2. The van der Waals surface area contributed by atoms with E-state index in [0.717, 1.165) is 0 Å². The summed E-state index contributed by atoms with van der Waals surface area (Å²) in [6.07, 6.45) is 0. The second-order valence-corrected chi connectivity index (χ2v) is 4.74. The monoisotopic (exact) mass is 338 g/mol. The summed E-state index contributed by atoms with van der Waals surface area (Å²) in [7, 11) is 0. The lowest BCUT2D eigenvalue weighted by Crippen LogP contribution is -2.03. The summed E-state index contributed by atoms with van der Waals surface area (Å²) in [5, 5.41) is 0. The van der Waals surface area contributed by atoms with Crippen molar-refractivity contribution in [2.24, 2.45) is 0 Å². The predicted molar refractivity (Wildman–Crippen MR) is 78.6 cm³/mol. The number of furan rings is 1. The molecule has 0 N–H and O–H groups in total. The van der Waals surface area contributed by atoms with Gasteiger partial charge >= 0.3 is 0 Å². The minimum absolute atomic E-state index is 0.195. The van der Waals surface area contributed by atoms with Crippen molar-refractivity contribution < 1.29 is 18.7 Å². The van der Waals surface area contributed by atoms with Gasteiger partial charge in [-0.1, -0.05) is 0 Å². The number of hydrogen-bond acceptors (Lipinski definition) is 4. The van der Waals surface area contributed by atoms with Crippen LogP contribution in [0.1, 0.15) is 30.0 Å². The Morgan fingerprint density at radius 2 is 1.80 bits per heavy atom. The lowest BCUT2D eigenvalue weighted by molar-refractivity contribution is 0.101. The van der Waals surface area contributed by atoms with E-state index in [-0.39, 0.29) is 11.5 Å². The molecule has 0 atom stereocenters. The Morgan fingerprint density at radius 1 is 1.10 bits per heavy atom. The zero-order chi connectivity index (χ0) is 14.5. The van der Waals surface area contributed by atoms with E-state index in [4.69, 9.17) is 13.9 Å². The van der Waals surface area contributed by atoms with Crippen LogP contribution in [0, 0.1) is 0 Å². The molecule has 1 heterocycles.